The van der Waals surface area contributed by atoms with Crippen LogP contribution in [-0.4, -0.2) is 22.8 Å². The number of benzene rings is 1. The summed E-state index contributed by atoms with van der Waals surface area (Å²) in [4.78, 5) is 22.0. The zero-order valence-electron chi connectivity index (χ0n) is 20.3. The second-order valence-corrected chi connectivity index (χ2v) is 8.99. The Morgan fingerprint density at radius 1 is 0.781 bits per heavy atom. The van der Waals surface area contributed by atoms with Crippen LogP contribution >= 0.6 is 0 Å². The third-order valence-corrected chi connectivity index (χ3v) is 5.77. The highest BCUT2D eigenvalue weighted by atomic mass is 16.7. The molecule has 0 radical (unpaired) electrons. The van der Waals surface area contributed by atoms with Crippen molar-refractivity contribution < 1.29 is 24.2 Å². The van der Waals surface area contributed by atoms with Gasteiger partial charge in [0.05, 0.1) is 6.61 Å². The summed E-state index contributed by atoms with van der Waals surface area (Å²) >= 11 is 0. The van der Waals surface area contributed by atoms with Gasteiger partial charge in [-0.2, -0.15) is 0 Å². The van der Waals surface area contributed by atoms with E-state index in [1.165, 1.54) is 58.3 Å². The molecule has 182 valence electrons. The molecule has 0 bridgehead atoms. The van der Waals surface area contributed by atoms with Crippen LogP contribution in [0.5, 0.6) is 0 Å². The fourth-order valence-corrected chi connectivity index (χ4v) is 3.93. The van der Waals surface area contributed by atoms with E-state index in [0.717, 1.165) is 37.7 Å². The number of unbranched alkanes of at least 4 members (excludes halogenated alkanes) is 12. The van der Waals surface area contributed by atoms with Crippen LogP contribution in [0.2, 0.25) is 0 Å². The summed E-state index contributed by atoms with van der Waals surface area (Å²) < 4.78 is 11.5. The molecule has 1 rings (SSSR count). The number of carboxylic acids is 1. The zero-order valence-corrected chi connectivity index (χ0v) is 20.3. The molecule has 0 aliphatic carbocycles. The van der Waals surface area contributed by atoms with Crippen molar-refractivity contribution in [2.45, 2.75) is 123 Å². The van der Waals surface area contributed by atoms with Crippen molar-refractivity contribution in [1.29, 1.82) is 0 Å². The molecule has 5 nitrogen and oxygen atoms in total. The number of carbonyl (C=O) groups excluding carboxylic acids is 1. The van der Waals surface area contributed by atoms with Crippen molar-refractivity contribution in [2.24, 2.45) is 0 Å². The van der Waals surface area contributed by atoms with Crippen LogP contribution in [0, 0.1) is 0 Å². The van der Waals surface area contributed by atoms with Crippen molar-refractivity contribution in [3.8, 4) is 0 Å². The van der Waals surface area contributed by atoms with E-state index >= 15 is 0 Å². The standard InChI is InChI=1S/C27H44O5/c1-24(28)32-27(2,31-23-25-19-15-14-16-20-25)22-18-13-11-9-7-5-3-4-6-8-10-12-17-21-26(29)30/h14-16,19-20H,3-13,17-18,21-23H2,1-2H3,(H,29,30). The maximum Gasteiger partial charge on any atom is 0.305 e. The third-order valence-electron chi connectivity index (χ3n) is 5.77. The molecule has 0 aromatic heterocycles. The first kappa shape index (κ1) is 28.2. The van der Waals surface area contributed by atoms with E-state index in [0.29, 0.717) is 19.4 Å². The minimum absolute atomic E-state index is 0.305. The van der Waals surface area contributed by atoms with Crippen LogP contribution in [0.1, 0.15) is 116 Å². The molecule has 1 atom stereocenters. The summed E-state index contributed by atoms with van der Waals surface area (Å²) in [6.07, 6.45) is 16.3. The molecule has 1 N–H and O–H groups in total. The van der Waals surface area contributed by atoms with Crippen LogP contribution in [0.25, 0.3) is 0 Å². The summed E-state index contributed by atoms with van der Waals surface area (Å²) in [6.45, 7) is 3.74. The van der Waals surface area contributed by atoms with Crippen LogP contribution in [-0.2, 0) is 25.7 Å². The Kier molecular flexibility index (Phi) is 15.5. The maximum absolute atomic E-state index is 11.5. The Bertz CT molecular complexity index is 616. The molecule has 0 spiro atoms. The highest BCUT2D eigenvalue weighted by Crippen LogP contribution is 2.24. The van der Waals surface area contributed by atoms with Gasteiger partial charge in [-0.05, 0) is 18.4 Å². The predicted molar refractivity (Wildman–Crippen MR) is 128 cm³/mol. The molecule has 32 heavy (non-hydrogen) atoms. The number of hydrogen-bond donors (Lipinski definition) is 1. The van der Waals surface area contributed by atoms with Gasteiger partial charge in [-0.15, -0.1) is 0 Å². The lowest BCUT2D eigenvalue weighted by Crippen LogP contribution is -2.34. The molecule has 0 saturated carbocycles. The fourth-order valence-electron chi connectivity index (χ4n) is 3.93. The topological polar surface area (TPSA) is 72.8 Å². The van der Waals surface area contributed by atoms with Crippen LogP contribution in [0.15, 0.2) is 30.3 Å². The van der Waals surface area contributed by atoms with Crippen molar-refractivity contribution in [2.75, 3.05) is 0 Å². The van der Waals surface area contributed by atoms with Gasteiger partial charge in [0.15, 0.2) is 0 Å². The average Bonchev–Trinajstić information content (AvgIpc) is 2.75. The molecule has 0 amide bonds. The lowest BCUT2D eigenvalue weighted by molar-refractivity contribution is -0.230. The molecule has 0 heterocycles. The number of esters is 1. The van der Waals surface area contributed by atoms with Gasteiger partial charge in [0.1, 0.15) is 0 Å². The molecule has 0 fully saturated rings. The molecule has 1 aromatic rings. The second kappa shape index (κ2) is 17.6. The Labute approximate surface area is 194 Å². The second-order valence-electron chi connectivity index (χ2n) is 8.99. The number of ether oxygens (including phenoxy) is 2. The minimum Gasteiger partial charge on any atom is -0.481 e. The predicted octanol–water partition coefficient (Wildman–Crippen LogP) is 7.42. The van der Waals surface area contributed by atoms with Gasteiger partial charge in [0, 0.05) is 26.7 Å². The fraction of sp³-hybridized carbons (Fsp3) is 0.704. The lowest BCUT2D eigenvalue weighted by Gasteiger charge is -2.29. The molecule has 0 aliphatic heterocycles. The van der Waals surface area contributed by atoms with E-state index in [4.69, 9.17) is 14.6 Å². The van der Waals surface area contributed by atoms with Crippen molar-refractivity contribution in [3.63, 3.8) is 0 Å². The van der Waals surface area contributed by atoms with Gasteiger partial charge >= 0.3 is 11.9 Å². The van der Waals surface area contributed by atoms with Gasteiger partial charge in [-0.1, -0.05) is 101 Å². The van der Waals surface area contributed by atoms with Crippen molar-refractivity contribution in [3.05, 3.63) is 35.9 Å². The Morgan fingerprint density at radius 3 is 1.72 bits per heavy atom. The summed E-state index contributed by atoms with van der Waals surface area (Å²) in [5.41, 5.74) is 1.07. The van der Waals surface area contributed by atoms with E-state index in [9.17, 15) is 9.59 Å². The van der Waals surface area contributed by atoms with Gasteiger partial charge < -0.3 is 14.6 Å². The van der Waals surface area contributed by atoms with E-state index in [1.54, 1.807) is 0 Å². The molecule has 0 saturated heterocycles. The minimum atomic E-state index is -0.866. The van der Waals surface area contributed by atoms with Crippen LogP contribution in [0.4, 0.5) is 0 Å². The van der Waals surface area contributed by atoms with Gasteiger partial charge in [0.2, 0.25) is 5.79 Å². The maximum atomic E-state index is 11.5. The van der Waals surface area contributed by atoms with E-state index in [-0.39, 0.29) is 5.97 Å². The Morgan fingerprint density at radius 2 is 1.25 bits per heavy atom. The zero-order chi connectivity index (χ0) is 23.5. The molecule has 5 heteroatoms. The average molecular weight is 449 g/mol. The number of hydrogen-bond acceptors (Lipinski definition) is 4. The van der Waals surface area contributed by atoms with Crippen molar-refractivity contribution in [1.82, 2.24) is 0 Å². The first-order valence-corrected chi connectivity index (χ1v) is 12.5. The van der Waals surface area contributed by atoms with Gasteiger partial charge in [-0.25, -0.2) is 0 Å². The highest BCUT2D eigenvalue weighted by Gasteiger charge is 2.28. The molecule has 1 unspecified atom stereocenters. The van der Waals surface area contributed by atoms with Gasteiger partial charge in [0.25, 0.3) is 0 Å². The molecule has 0 aliphatic rings. The van der Waals surface area contributed by atoms with Gasteiger partial charge in [-0.3, -0.25) is 9.59 Å². The van der Waals surface area contributed by atoms with Crippen LogP contribution in [0.3, 0.4) is 0 Å². The first-order chi connectivity index (χ1) is 15.4. The largest absolute Gasteiger partial charge is 0.481 e. The van der Waals surface area contributed by atoms with E-state index < -0.39 is 11.8 Å². The smallest absolute Gasteiger partial charge is 0.305 e. The molecule has 1 aromatic carbocycles. The van der Waals surface area contributed by atoms with Crippen LogP contribution < -0.4 is 0 Å². The molecular formula is C27H44O5. The summed E-state index contributed by atoms with van der Waals surface area (Å²) in [5.74, 6) is -1.85. The molecular weight excluding hydrogens is 404 g/mol. The lowest BCUT2D eigenvalue weighted by atomic mass is 10.0. The van der Waals surface area contributed by atoms with E-state index in [1.807, 2.05) is 37.3 Å². The Hall–Kier alpha value is -1.88. The first-order valence-electron chi connectivity index (χ1n) is 12.5. The normalized spacial score (nSPS) is 12.9. The number of rotatable bonds is 20. The number of aliphatic carboxylic acids is 1. The highest BCUT2D eigenvalue weighted by molar-refractivity contribution is 5.66. The third kappa shape index (κ3) is 15.9. The van der Waals surface area contributed by atoms with E-state index in [2.05, 4.69) is 0 Å². The monoisotopic (exact) mass is 448 g/mol. The SMILES string of the molecule is CC(=O)OC(C)(CCCCCCCCCCCCCCCC(=O)O)OCc1ccccc1. The quantitative estimate of drug-likeness (QED) is 0.128. The number of carboxylic acid groups (broad SMARTS) is 1. The Balaban J connectivity index is 2.02. The number of carbonyl (C=O) groups is 2. The van der Waals surface area contributed by atoms with Crippen molar-refractivity contribution >= 4 is 11.9 Å². The summed E-state index contributed by atoms with van der Waals surface area (Å²) in [6, 6.07) is 9.95. The summed E-state index contributed by atoms with van der Waals surface area (Å²) in [7, 11) is 0. The summed E-state index contributed by atoms with van der Waals surface area (Å²) in [5, 5.41) is 8.61.